The van der Waals surface area contributed by atoms with Gasteiger partial charge in [-0.1, -0.05) is 6.07 Å². The van der Waals surface area contributed by atoms with Gasteiger partial charge in [-0.15, -0.1) is 0 Å². The maximum atomic E-state index is 13.1. The quantitative estimate of drug-likeness (QED) is 0.676. The third-order valence-electron chi connectivity index (χ3n) is 5.04. The van der Waals surface area contributed by atoms with E-state index in [4.69, 9.17) is 4.74 Å². The van der Waals surface area contributed by atoms with Crippen LogP contribution in [0.5, 0.6) is 5.88 Å². The third-order valence-corrected chi connectivity index (χ3v) is 5.04. The number of rotatable bonds is 4. The van der Waals surface area contributed by atoms with Gasteiger partial charge in [0.25, 0.3) is 5.91 Å². The molecule has 1 fully saturated rings. The Labute approximate surface area is 169 Å². The van der Waals surface area contributed by atoms with Crippen LogP contribution < -0.4 is 4.74 Å². The SMILES string of the molecule is COc1ccc(-n2nc(C(=O)N3CCN(C)CC3)cc2-c2cccc(C)n2)cn1. The van der Waals surface area contributed by atoms with E-state index in [1.54, 1.807) is 24.1 Å². The van der Waals surface area contributed by atoms with Gasteiger partial charge < -0.3 is 14.5 Å². The topological polar surface area (TPSA) is 76.4 Å². The van der Waals surface area contributed by atoms with Crippen LogP contribution in [-0.4, -0.2) is 75.8 Å². The number of amides is 1. The highest BCUT2D eigenvalue weighted by molar-refractivity contribution is 5.93. The lowest BCUT2D eigenvalue weighted by Crippen LogP contribution is -2.47. The van der Waals surface area contributed by atoms with Crippen molar-refractivity contribution in [1.82, 2.24) is 29.5 Å². The second kappa shape index (κ2) is 8.00. The average molecular weight is 392 g/mol. The number of pyridine rings is 2. The molecule has 0 aromatic carbocycles. The lowest BCUT2D eigenvalue weighted by atomic mass is 10.2. The molecule has 1 amide bonds. The molecular weight excluding hydrogens is 368 g/mol. The first kappa shape index (κ1) is 19.1. The smallest absolute Gasteiger partial charge is 0.274 e. The van der Waals surface area contributed by atoms with Gasteiger partial charge in [-0.3, -0.25) is 9.78 Å². The van der Waals surface area contributed by atoms with E-state index in [1.807, 2.05) is 42.2 Å². The molecule has 8 nitrogen and oxygen atoms in total. The summed E-state index contributed by atoms with van der Waals surface area (Å²) < 4.78 is 6.87. The van der Waals surface area contributed by atoms with Gasteiger partial charge in [-0.05, 0) is 38.2 Å². The molecule has 4 heterocycles. The van der Waals surface area contributed by atoms with Crippen LogP contribution in [0.3, 0.4) is 0 Å². The second-order valence-corrected chi connectivity index (χ2v) is 7.15. The van der Waals surface area contributed by atoms with Gasteiger partial charge in [-0.2, -0.15) is 5.10 Å². The summed E-state index contributed by atoms with van der Waals surface area (Å²) in [5.41, 5.74) is 3.55. The number of carbonyl (C=O) groups is 1. The molecule has 0 radical (unpaired) electrons. The molecule has 0 atom stereocenters. The molecule has 0 unspecified atom stereocenters. The monoisotopic (exact) mass is 392 g/mol. The number of ether oxygens (including phenoxy) is 1. The Morgan fingerprint density at radius 3 is 2.55 bits per heavy atom. The van der Waals surface area contributed by atoms with Crippen LogP contribution in [0.4, 0.5) is 0 Å². The van der Waals surface area contributed by atoms with E-state index in [-0.39, 0.29) is 5.91 Å². The van der Waals surface area contributed by atoms with Crippen LogP contribution in [-0.2, 0) is 0 Å². The van der Waals surface area contributed by atoms with Gasteiger partial charge in [0.15, 0.2) is 5.69 Å². The Morgan fingerprint density at radius 1 is 1.10 bits per heavy atom. The summed E-state index contributed by atoms with van der Waals surface area (Å²) in [7, 11) is 3.64. The van der Waals surface area contributed by atoms with Gasteiger partial charge in [0, 0.05) is 37.9 Å². The highest BCUT2D eigenvalue weighted by atomic mass is 16.5. The van der Waals surface area contributed by atoms with Gasteiger partial charge >= 0.3 is 0 Å². The summed E-state index contributed by atoms with van der Waals surface area (Å²) in [4.78, 5) is 26.0. The molecule has 150 valence electrons. The first-order chi connectivity index (χ1) is 14.0. The Morgan fingerprint density at radius 2 is 1.90 bits per heavy atom. The van der Waals surface area contributed by atoms with Crippen molar-refractivity contribution in [2.24, 2.45) is 0 Å². The lowest BCUT2D eigenvalue weighted by molar-refractivity contribution is 0.0657. The third kappa shape index (κ3) is 3.97. The molecule has 8 heteroatoms. The standard InChI is InChI=1S/C21H24N6O2/c1-15-5-4-6-17(23-15)19-13-18(21(28)26-11-9-25(2)10-12-26)24-27(19)16-7-8-20(29-3)22-14-16/h4-8,13-14H,9-12H2,1-3H3. The van der Waals surface area contributed by atoms with Crippen LogP contribution in [0.15, 0.2) is 42.6 Å². The summed E-state index contributed by atoms with van der Waals surface area (Å²) in [6.45, 7) is 5.06. The first-order valence-electron chi connectivity index (χ1n) is 9.57. The minimum Gasteiger partial charge on any atom is -0.481 e. The summed E-state index contributed by atoms with van der Waals surface area (Å²) >= 11 is 0. The summed E-state index contributed by atoms with van der Waals surface area (Å²) in [6.07, 6.45) is 1.68. The largest absolute Gasteiger partial charge is 0.481 e. The van der Waals surface area contributed by atoms with Crippen LogP contribution in [0.2, 0.25) is 0 Å². The normalized spacial score (nSPS) is 14.8. The molecule has 0 N–H and O–H groups in total. The Hall–Kier alpha value is -3.26. The highest BCUT2D eigenvalue weighted by Crippen LogP contribution is 2.24. The number of methoxy groups -OCH3 is 1. The molecule has 3 aromatic rings. The van der Waals surface area contributed by atoms with Crippen molar-refractivity contribution < 1.29 is 9.53 Å². The van der Waals surface area contributed by atoms with Crippen molar-refractivity contribution in [3.05, 3.63) is 54.0 Å². The maximum absolute atomic E-state index is 13.1. The number of likely N-dealkylation sites (N-methyl/N-ethyl adjacent to an activating group) is 1. The predicted molar refractivity (Wildman–Crippen MR) is 109 cm³/mol. The van der Waals surface area contributed by atoms with Crippen molar-refractivity contribution in [3.8, 4) is 23.0 Å². The number of aryl methyl sites for hydroxylation is 1. The summed E-state index contributed by atoms with van der Waals surface area (Å²) in [5, 5.41) is 4.63. The minimum atomic E-state index is -0.0628. The predicted octanol–water partition coefficient (Wildman–Crippen LogP) is 2.03. The molecule has 1 aliphatic rings. The molecule has 4 rings (SSSR count). The maximum Gasteiger partial charge on any atom is 0.274 e. The van der Waals surface area contributed by atoms with Crippen molar-refractivity contribution in [2.45, 2.75) is 6.92 Å². The number of hydrogen-bond donors (Lipinski definition) is 0. The van der Waals surface area contributed by atoms with Crippen LogP contribution >= 0.6 is 0 Å². The van der Waals surface area contributed by atoms with Gasteiger partial charge in [0.1, 0.15) is 0 Å². The van der Waals surface area contributed by atoms with Crippen molar-refractivity contribution in [1.29, 1.82) is 0 Å². The van der Waals surface area contributed by atoms with E-state index >= 15 is 0 Å². The van der Waals surface area contributed by atoms with Crippen LogP contribution in [0.1, 0.15) is 16.2 Å². The molecule has 1 saturated heterocycles. The number of carbonyl (C=O) groups excluding carboxylic acids is 1. The van der Waals surface area contributed by atoms with Gasteiger partial charge in [0.2, 0.25) is 5.88 Å². The molecule has 0 spiro atoms. The fourth-order valence-electron chi connectivity index (χ4n) is 3.34. The Bertz CT molecular complexity index is 1010. The zero-order valence-corrected chi connectivity index (χ0v) is 16.9. The van der Waals surface area contributed by atoms with E-state index in [0.717, 1.165) is 35.9 Å². The summed E-state index contributed by atoms with van der Waals surface area (Å²) in [6, 6.07) is 11.3. The van der Waals surface area contributed by atoms with Crippen molar-refractivity contribution in [2.75, 3.05) is 40.3 Å². The van der Waals surface area contributed by atoms with Gasteiger partial charge in [0.05, 0.1) is 30.4 Å². The number of aromatic nitrogens is 4. The van der Waals surface area contributed by atoms with E-state index in [1.165, 1.54) is 0 Å². The lowest BCUT2D eigenvalue weighted by Gasteiger charge is -2.31. The highest BCUT2D eigenvalue weighted by Gasteiger charge is 2.24. The molecule has 3 aromatic heterocycles. The molecular formula is C21H24N6O2. The van der Waals surface area contributed by atoms with E-state index in [9.17, 15) is 4.79 Å². The molecule has 1 aliphatic heterocycles. The van der Waals surface area contributed by atoms with Crippen molar-refractivity contribution in [3.63, 3.8) is 0 Å². The molecule has 29 heavy (non-hydrogen) atoms. The number of nitrogens with zero attached hydrogens (tertiary/aromatic N) is 6. The number of piperazine rings is 1. The number of hydrogen-bond acceptors (Lipinski definition) is 6. The second-order valence-electron chi connectivity index (χ2n) is 7.15. The van der Waals surface area contributed by atoms with Gasteiger partial charge in [-0.25, -0.2) is 9.67 Å². The fraction of sp³-hybridized carbons (Fsp3) is 0.333. The fourth-order valence-corrected chi connectivity index (χ4v) is 3.34. The Kier molecular flexibility index (Phi) is 5.26. The first-order valence-corrected chi connectivity index (χ1v) is 9.57. The minimum absolute atomic E-state index is 0.0628. The molecule has 0 aliphatic carbocycles. The molecule has 0 bridgehead atoms. The van der Waals surface area contributed by atoms with E-state index < -0.39 is 0 Å². The zero-order chi connectivity index (χ0) is 20.4. The molecule has 0 saturated carbocycles. The van der Waals surface area contributed by atoms with E-state index in [0.29, 0.717) is 24.7 Å². The van der Waals surface area contributed by atoms with Crippen LogP contribution in [0, 0.1) is 6.92 Å². The zero-order valence-electron chi connectivity index (χ0n) is 16.9. The summed E-state index contributed by atoms with van der Waals surface area (Å²) in [5.74, 6) is 0.456. The average Bonchev–Trinajstić information content (AvgIpc) is 3.19. The van der Waals surface area contributed by atoms with Crippen molar-refractivity contribution >= 4 is 5.91 Å². The van der Waals surface area contributed by atoms with Crippen LogP contribution in [0.25, 0.3) is 17.1 Å². The Balaban J connectivity index is 1.75. The van der Waals surface area contributed by atoms with E-state index in [2.05, 4.69) is 27.0 Å².